The Labute approximate surface area is 180 Å². The second kappa shape index (κ2) is 9.17. The van der Waals surface area contributed by atoms with Crippen molar-refractivity contribution in [2.24, 2.45) is 0 Å². The SMILES string of the molecule is COc1ccc(N(CC(=O)c2c[nH]c(C(=O)N3CCCC3)c2)Cc2cccs2)cc1. The average Bonchev–Trinajstić information content (AvgIpc) is 3.55. The molecule has 0 spiro atoms. The number of methoxy groups -OCH3 is 1. The molecule has 0 unspecified atom stereocenters. The highest BCUT2D eigenvalue weighted by Gasteiger charge is 2.22. The van der Waals surface area contributed by atoms with E-state index >= 15 is 0 Å². The molecule has 1 aliphatic rings. The van der Waals surface area contributed by atoms with E-state index in [0.29, 0.717) is 17.8 Å². The van der Waals surface area contributed by atoms with Gasteiger partial charge in [0.05, 0.1) is 20.2 Å². The number of ether oxygens (including phenoxy) is 1. The molecule has 0 saturated carbocycles. The van der Waals surface area contributed by atoms with Gasteiger partial charge in [-0.05, 0) is 54.6 Å². The van der Waals surface area contributed by atoms with Crippen molar-refractivity contribution in [3.8, 4) is 5.75 Å². The lowest BCUT2D eigenvalue weighted by Gasteiger charge is -2.23. The van der Waals surface area contributed by atoms with Crippen molar-refractivity contribution in [2.75, 3.05) is 31.6 Å². The van der Waals surface area contributed by atoms with Crippen molar-refractivity contribution in [1.82, 2.24) is 9.88 Å². The van der Waals surface area contributed by atoms with Gasteiger partial charge in [-0.15, -0.1) is 11.3 Å². The van der Waals surface area contributed by atoms with E-state index in [0.717, 1.165) is 37.4 Å². The van der Waals surface area contributed by atoms with Crippen molar-refractivity contribution >= 4 is 28.7 Å². The van der Waals surface area contributed by atoms with Crippen molar-refractivity contribution in [2.45, 2.75) is 19.4 Å². The number of likely N-dealkylation sites (tertiary alicyclic amines) is 1. The van der Waals surface area contributed by atoms with Crippen LogP contribution in [0.5, 0.6) is 5.75 Å². The predicted octanol–water partition coefficient (Wildman–Crippen LogP) is 4.21. The summed E-state index contributed by atoms with van der Waals surface area (Å²) in [4.78, 5) is 33.6. The Bertz CT molecular complexity index is 989. The molecule has 0 atom stereocenters. The Morgan fingerprint density at radius 3 is 2.60 bits per heavy atom. The summed E-state index contributed by atoms with van der Waals surface area (Å²) in [6.45, 7) is 2.43. The second-order valence-corrected chi connectivity index (χ2v) is 8.39. The number of anilines is 1. The van der Waals surface area contributed by atoms with E-state index in [4.69, 9.17) is 4.74 Å². The number of nitrogens with one attached hydrogen (secondary N) is 1. The number of rotatable bonds is 8. The molecule has 0 radical (unpaired) electrons. The Morgan fingerprint density at radius 1 is 1.17 bits per heavy atom. The first-order valence-electron chi connectivity index (χ1n) is 10.1. The minimum Gasteiger partial charge on any atom is -0.497 e. The van der Waals surface area contributed by atoms with E-state index in [1.54, 1.807) is 30.7 Å². The van der Waals surface area contributed by atoms with Crippen LogP contribution in [0.15, 0.2) is 54.0 Å². The molecule has 1 aromatic carbocycles. The minimum absolute atomic E-state index is 0.0286. The van der Waals surface area contributed by atoms with Gasteiger partial charge in [-0.25, -0.2) is 0 Å². The normalized spacial score (nSPS) is 13.4. The molecule has 1 amide bonds. The largest absolute Gasteiger partial charge is 0.497 e. The topological polar surface area (TPSA) is 65.6 Å². The molecule has 30 heavy (non-hydrogen) atoms. The molecule has 7 heteroatoms. The first-order valence-corrected chi connectivity index (χ1v) is 10.9. The number of amides is 1. The van der Waals surface area contributed by atoms with Crippen LogP contribution in [-0.2, 0) is 6.54 Å². The number of carbonyl (C=O) groups is 2. The predicted molar refractivity (Wildman–Crippen MR) is 119 cm³/mol. The van der Waals surface area contributed by atoms with E-state index in [1.165, 1.54) is 4.88 Å². The summed E-state index contributed by atoms with van der Waals surface area (Å²) in [7, 11) is 1.63. The van der Waals surface area contributed by atoms with E-state index in [2.05, 4.69) is 11.1 Å². The van der Waals surface area contributed by atoms with Crippen LogP contribution in [0, 0.1) is 0 Å². The standard InChI is InChI=1S/C23H25N3O3S/c1-29-19-8-6-18(7-9-19)26(15-20-5-4-12-30-20)16-22(27)17-13-21(24-14-17)23(28)25-10-2-3-11-25/h4-9,12-14,24H,2-3,10-11,15-16H2,1H3. The molecule has 1 aliphatic heterocycles. The first-order chi connectivity index (χ1) is 14.6. The molecule has 1 N–H and O–H groups in total. The summed E-state index contributed by atoms with van der Waals surface area (Å²) >= 11 is 1.66. The van der Waals surface area contributed by atoms with Gasteiger partial charge in [-0.2, -0.15) is 0 Å². The summed E-state index contributed by atoms with van der Waals surface area (Å²) in [5, 5.41) is 2.03. The molecule has 3 heterocycles. The number of H-pyrrole nitrogens is 1. The Hall–Kier alpha value is -3.06. The van der Waals surface area contributed by atoms with Gasteiger partial charge in [0, 0.05) is 35.4 Å². The average molecular weight is 424 g/mol. The monoisotopic (exact) mass is 423 g/mol. The van der Waals surface area contributed by atoms with Gasteiger partial charge in [-0.3, -0.25) is 9.59 Å². The maximum Gasteiger partial charge on any atom is 0.270 e. The fourth-order valence-electron chi connectivity index (χ4n) is 3.66. The number of hydrogen-bond donors (Lipinski definition) is 1. The molecule has 156 valence electrons. The van der Waals surface area contributed by atoms with E-state index < -0.39 is 0 Å². The molecule has 3 aromatic rings. The maximum atomic E-state index is 13.0. The number of aromatic nitrogens is 1. The lowest BCUT2D eigenvalue weighted by Crippen LogP contribution is -2.29. The van der Waals surface area contributed by atoms with Crippen LogP contribution in [-0.4, -0.2) is 48.3 Å². The van der Waals surface area contributed by atoms with Gasteiger partial charge in [0.15, 0.2) is 5.78 Å². The van der Waals surface area contributed by atoms with Crippen molar-refractivity contribution in [3.63, 3.8) is 0 Å². The number of thiophene rings is 1. The molecular weight excluding hydrogens is 398 g/mol. The maximum absolute atomic E-state index is 13.0. The highest BCUT2D eigenvalue weighted by atomic mass is 32.1. The first kappa shape index (κ1) is 20.2. The van der Waals surface area contributed by atoms with Gasteiger partial charge in [0.1, 0.15) is 11.4 Å². The van der Waals surface area contributed by atoms with Gasteiger partial charge in [-0.1, -0.05) is 6.07 Å². The quantitative estimate of drug-likeness (QED) is 0.551. The van der Waals surface area contributed by atoms with Crippen LogP contribution in [0.3, 0.4) is 0 Å². The third kappa shape index (κ3) is 4.57. The molecule has 4 rings (SSSR count). The molecule has 2 aromatic heterocycles. The van der Waals surface area contributed by atoms with Crippen LogP contribution in [0.1, 0.15) is 38.6 Å². The summed E-state index contributed by atoms with van der Waals surface area (Å²) in [5.41, 5.74) is 1.96. The van der Waals surface area contributed by atoms with Crippen LogP contribution >= 0.6 is 11.3 Å². The summed E-state index contributed by atoms with van der Waals surface area (Å²) < 4.78 is 5.25. The van der Waals surface area contributed by atoms with E-state index in [-0.39, 0.29) is 18.2 Å². The lowest BCUT2D eigenvalue weighted by atomic mass is 10.1. The highest BCUT2D eigenvalue weighted by molar-refractivity contribution is 7.09. The van der Waals surface area contributed by atoms with E-state index in [1.807, 2.05) is 45.5 Å². The summed E-state index contributed by atoms with van der Waals surface area (Å²) in [6, 6.07) is 13.5. The number of carbonyl (C=O) groups excluding carboxylic acids is 2. The molecule has 0 aliphatic carbocycles. The molecule has 6 nitrogen and oxygen atoms in total. The summed E-state index contributed by atoms with van der Waals surface area (Å²) in [6.07, 6.45) is 3.72. The Morgan fingerprint density at radius 2 is 1.93 bits per heavy atom. The number of ketones is 1. The molecule has 1 fully saturated rings. The lowest BCUT2D eigenvalue weighted by molar-refractivity contribution is 0.0787. The number of Topliss-reactive ketones (excluding diaryl/α,β-unsaturated/α-hetero) is 1. The van der Waals surface area contributed by atoms with Crippen LogP contribution in [0.2, 0.25) is 0 Å². The van der Waals surface area contributed by atoms with Crippen LogP contribution in [0.4, 0.5) is 5.69 Å². The van der Waals surface area contributed by atoms with Gasteiger partial charge >= 0.3 is 0 Å². The Kier molecular flexibility index (Phi) is 6.18. The number of nitrogens with zero attached hydrogens (tertiary/aromatic N) is 2. The molecule has 1 saturated heterocycles. The molecule has 0 bridgehead atoms. The van der Waals surface area contributed by atoms with Crippen molar-refractivity contribution in [1.29, 1.82) is 0 Å². The van der Waals surface area contributed by atoms with Gasteiger partial charge in [0.2, 0.25) is 0 Å². The van der Waals surface area contributed by atoms with Crippen molar-refractivity contribution in [3.05, 3.63) is 70.2 Å². The third-order valence-corrected chi connectivity index (χ3v) is 6.19. The second-order valence-electron chi connectivity index (χ2n) is 7.36. The van der Waals surface area contributed by atoms with Gasteiger partial charge in [0.25, 0.3) is 5.91 Å². The minimum atomic E-state index is -0.0304. The van der Waals surface area contributed by atoms with Crippen molar-refractivity contribution < 1.29 is 14.3 Å². The number of aromatic amines is 1. The van der Waals surface area contributed by atoms with Crippen LogP contribution in [0.25, 0.3) is 0 Å². The number of benzene rings is 1. The number of hydrogen-bond acceptors (Lipinski definition) is 5. The highest BCUT2D eigenvalue weighted by Crippen LogP contribution is 2.23. The fourth-order valence-corrected chi connectivity index (χ4v) is 4.38. The Balaban J connectivity index is 1.50. The third-order valence-electron chi connectivity index (χ3n) is 5.33. The molecular formula is C23H25N3O3S. The van der Waals surface area contributed by atoms with Gasteiger partial charge < -0.3 is 19.5 Å². The van der Waals surface area contributed by atoms with Crippen LogP contribution < -0.4 is 9.64 Å². The summed E-state index contributed by atoms with van der Waals surface area (Å²) in [5.74, 6) is 0.716. The zero-order valence-electron chi connectivity index (χ0n) is 17.0. The zero-order chi connectivity index (χ0) is 20.9. The smallest absolute Gasteiger partial charge is 0.270 e. The van der Waals surface area contributed by atoms with E-state index in [9.17, 15) is 9.59 Å². The fraction of sp³-hybridized carbons (Fsp3) is 0.304. The zero-order valence-corrected chi connectivity index (χ0v) is 17.8.